The van der Waals surface area contributed by atoms with Gasteiger partial charge in [0.25, 0.3) is 11.8 Å². The number of aryl methyl sites for hydroxylation is 1. The van der Waals surface area contributed by atoms with Gasteiger partial charge in [0, 0.05) is 36.6 Å². The number of carbonyl (C=O) groups is 3. The van der Waals surface area contributed by atoms with Crippen LogP contribution in [0, 0.1) is 6.92 Å². The summed E-state index contributed by atoms with van der Waals surface area (Å²) in [5, 5.41) is 15.2. The molecule has 1 aromatic heterocycles. The minimum absolute atomic E-state index is 0.0353. The molecule has 2 aliphatic heterocycles. The number of amides is 3. The van der Waals surface area contributed by atoms with Gasteiger partial charge >= 0.3 is 0 Å². The fraction of sp³-hybridized carbons (Fsp3) is 0.370. The minimum atomic E-state index is -0.537. The predicted octanol–water partition coefficient (Wildman–Crippen LogP) is 3.47. The molecule has 2 saturated heterocycles. The van der Waals surface area contributed by atoms with Crippen LogP contribution >= 0.6 is 0 Å². The van der Waals surface area contributed by atoms with Gasteiger partial charge in [0.15, 0.2) is 5.76 Å². The van der Waals surface area contributed by atoms with Gasteiger partial charge in [0.2, 0.25) is 5.91 Å². The molecule has 0 spiro atoms. The molecule has 0 bridgehead atoms. The maximum atomic E-state index is 13.4. The van der Waals surface area contributed by atoms with Gasteiger partial charge < -0.3 is 24.6 Å². The van der Waals surface area contributed by atoms with E-state index in [0.717, 1.165) is 17.4 Å². The van der Waals surface area contributed by atoms with Crippen LogP contribution in [0.1, 0.15) is 52.2 Å². The number of furan rings is 1. The van der Waals surface area contributed by atoms with E-state index in [9.17, 15) is 19.5 Å². The van der Waals surface area contributed by atoms with Crippen molar-refractivity contribution >= 4 is 28.5 Å². The molecule has 182 valence electrons. The average Bonchev–Trinajstić information content (AvgIpc) is 3.53. The molecule has 2 fully saturated rings. The molecule has 8 heteroatoms. The summed E-state index contributed by atoms with van der Waals surface area (Å²) >= 11 is 0. The van der Waals surface area contributed by atoms with Crippen molar-refractivity contribution in [3.63, 3.8) is 0 Å². The van der Waals surface area contributed by atoms with E-state index >= 15 is 0 Å². The quantitative estimate of drug-likeness (QED) is 0.602. The average molecular weight is 476 g/mol. The zero-order chi connectivity index (χ0) is 24.5. The van der Waals surface area contributed by atoms with Crippen molar-refractivity contribution in [2.75, 3.05) is 19.6 Å². The Morgan fingerprint density at radius 3 is 2.51 bits per heavy atom. The molecule has 5 rings (SSSR count). The van der Waals surface area contributed by atoms with E-state index in [4.69, 9.17) is 4.42 Å². The lowest BCUT2D eigenvalue weighted by Crippen LogP contribution is -2.52. The van der Waals surface area contributed by atoms with Crippen molar-refractivity contribution in [1.82, 2.24) is 15.1 Å². The third-order valence-corrected chi connectivity index (χ3v) is 7.14. The van der Waals surface area contributed by atoms with Gasteiger partial charge in [-0.3, -0.25) is 14.4 Å². The first-order valence-corrected chi connectivity index (χ1v) is 12.1. The van der Waals surface area contributed by atoms with Crippen LogP contribution in [0.3, 0.4) is 0 Å². The summed E-state index contributed by atoms with van der Waals surface area (Å²) in [4.78, 5) is 42.5. The van der Waals surface area contributed by atoms with Crippen molar-refractivity contribution in [1.29, 1.82) is 0 Å². The molecule has 0 saturated carbocycles. The fourth-order valence-corrected chi connectivity index (χ4v) is 5.16. The SMILES string of the molecule is Cc1ccoc1C(=O)NC1CCN(C(=O)C2CCCN2C(=O)c2ccc3ccccc3c2O)CC1. The van der Waals surface area contributed by atoms with E-state index in [0.29, 0.717) is 50.0 Å². The van der Waals surface area contributed by atoms with Crippen molar-refractivity contribution in [3.05, 3.63) is 65.6 Å². The molecule has 2 aromatic carbocycles. The molecule has 3 heterocycles. The van der Waals surface area contributed by atoms with Gasteiger partial charge in [0.1, 0.15) is 11.8 Å². The third kappa shape index (κ3) is 4.36. The maximum absolute atomic E-state index is 13.4. The van der Waals surface area contributed by atoms with Crippen LogP contribution in [0.15, 0.2) is 53.1 Å². The van der Waals surface area contributed by atoms with E-state index < -0.39 is 6.04 Å². The second kappa shape index (κ2) is 9.44. The van der Waals surface area contributed by atoms with E-state index in [1.54, 1.807) is 28.0 Å². The van der Waals surface area contributed by atoms with Crippen molar-refractivity contribution in [3.8, 4) is 5.75 Å². The van der Waals surface area contributed by atoms with Crippen LogP contribution in [-0.2, 0) is 4.79 Å². The van der Waals surface area contributed by atoms with E-state index in [1.165, 1.54) is 6.26 Å². The molecule has 0 radical (unpaired) electrons. The summed E-state index contributed by atoms with van der Waals surface area (Å²) in [5.41, 5.74) is 1.01. The number of piperidine rings is 1. The van der Waals surface area contributed by atoms with Gasteiger partial charge in [-0.25, -0.2) is 0 Å². The summed E-state index contributed by atoms with van der Waals surface area (Å²) in [7, 11) is 0. The molecule has 1 unspecified atom stereocenters. The highest BCUT2D eigenvalue weighted by Crippen LogP contribution is 2.32. The normalized spacial score (nSPS) is 18.7. The number of hydrogen-bond donors (Lipinski definition) is 2. The van der Waals surface area contributed by atoms with Gasteiger partial charge in [0.05, 0.1) is 11.8 Å². The van der Waals surface area contributed by atoms with Gasteiger partial charge in [-0.1, -0.05) is 30.3 Å². The zero-order valence-electron chi connectivity index (χ0n) is 19.7. The zero-order valence-corrected chi connectivity index (χ0v) is 19.7. The number of carbonyl (C=O) groups excluding carboxylic acids is 3. The first-order chi connectivity index (χ1) is 16.9. The lowest BCUT2D eigenvalue weighted by atomic mass is 10.0. The Kier molecular flexibility index (Phi) is 6.19. The Balaban J connectivity index is 1.23. The minimum Gasteiger partial charge on any atom is -0.506 e. The number of hydrogen-bond acceptors (Lipinski definition) is 5. The van der Waals surface area contributed by atoms with Crippen molar-refractivity contribution in [2.24, 2.45) is 0 Å². The summed E-state index contributed by atoms with van der Waals surface area (Å²) < 4.78 is 5.27. The van der Waals surface area contributed by atoms with Gasteiger partial charge in [-0.05, 0) is 50.1 Å². The first-order valence-electron chi connectivity index (χ1n) is 12.1. The van der Waals surface area contributed by atoms with Crippen molar-refractivity contribution in [2.45, 2.75) is 44.7 Å². The van der Waals surface area contributed by atoms with Crippen LogP contribution in [0.2, 0.25) is 0 Å². The molecule has 3 amide bonds. The number of rotatable bonds is 4. The molecular formula is C27H29N3O5. The van der Waals surface area contributed by atoms with Crippen molar-refractivity contribution < 1.29 is 23.9 Å². The number of phenols is 1. The number of phenolic OH excluding ortho intramolecular Hbond substituents is 1. The largest absolute Gasteiger partial charge is 0.506 e. The Morgan fingerprint density at radius 2 is 1.77 bits per heavy atom. The van der Waals surface area contributed by atoms with Crippen LogP contribution in [0.4, 0.5) is 0 Å². The lowest BCUT2D eigenvalue weighted by molar-refractivity contribution is -0.136. The molecule has 35 heavy (non-hydrogen) atoms. The highest BCUT2D eigenvalue weighted by molar-refractivity contribution is 6.05. The molecule has 2 aliphatic rings. The van der Waals surface area contributed by atoms with Gasteiger partial charge in [-0.2, -0.15) is 0 Å². The lowest BCUT2D eigenvalue weighted by Gasteiger charge is -2.35. The number of likely N-dealkylation sites (tertiary alicyclic amines) is 2. The highest BCUT2D eigenvalue weighted by Gasteiger charge is 2.38. The summed E-state index contributed by atoms with van der Waals surface area (Å²) in [6.45, 7) is 3.34. The Labute approximate surface area is 203 Å². The molecular weight excluding hydrogens is 446 g/mol. The van der Waals surface area contributed by atoms with Crippen LogP contribution < -0.4 is 5.32 Å². The van der Waals surface area contributed by atoms with Gasteiger partial charge in [-0.15, -0.1) is 0 Å². The second-order valence-electron chi connectivity index (χ2n) is 9.35. The molecule has 8 nitrogen and oxygen atoms in total. The number of benzene rings is 2. The summed E-state index contributed by atoms with van der Waals surface area (Å²) in [6, 6.07) is 12.0. The standard InChI is InChI=1S/C27H29N3O5/c1-17-12-16-35-24(17)25(32)28-19-10-14-29(15-11-19)27(34)22-7-4-13-30(22)26(33)21-9-8-18-5-2-3-6-20(18)23(21)31/h2-3,5-6,8-9,12,16,19,22,31H,4,7,10-11,13-15H2,1H3,(H,28,32). The fourth-order valence-electron chi connectivity index (χ4n) is 5.16. The smallest absolute Gasteiger partial charge is 0.287 e. The summed E-state index contributed by atoms with van der Waals surface area (Å²) in [5.74, 6) is -0.349. The number of aromatic hydroxyl groups is 1. The Hall–Kier alpha value is -3.81. The van der Waals surface area contributed by atoms with Crippen LogP contribution in [0.25, 0.3) is 10.8 Å². The monoisotopic (exact) mass is 475 g/mol. The van der Waals surface area contributed by atoms with E-state index in [2.05, 4.69) is 5.32 Å². The topological polar surface area (TPSA) is 103 Å². The second-order valence-corrected chi connectivity index (χ2v) is 9.35. The molecule has 0 aliphatic carbocycles. The van der Waals surface area contributed by atoms with Crippen LogP contribution in [0.5, 0.6) is 5.75 Å². The Bertz CT molecular complexity index is 1270. The maximum Gasteiger partial charge on any atom is 0.287 e. The number of nitrogens with one attached hydrogen (secondary N) is 1. The van der Waals surface area contributed by atoms with Crippen LogP contribution in [-0.4, -0.2) is 64.3 Å². The molecule has 2 N–H and O–H groups in total. The highest BCUT2D eigenvalue weighted by atomic mass is 16.3. The summed E-state index contributed by atoms with van der Waals surface area (Å²) in [6.07, 6.45) is 4.13. The molecule has 3 aromatic rings. The molecule has 1 atom stereocenters. The predicted molar refractivity (Wildman–Crippen MR) is 130 cm³/mol. The first kappa shape index (κ1) is 23.0. The van der Waals surface area contributed by atoms with E-state index in [-0.39, 0.29) is 35.1 Å². The van der Waals surface area contributed by atoms with E-state index in [1.807, 2.05) is 31.2 Å². The Morgan fingerprint density at radius 1 is 1.00 bits per heavy atom. The third-order valence-electron chi connectivity index (χ3n) is 7.14. The number of nitrogens with zero attached hydrogens (tertiary/aromatic N) is 2. The number of fused-ring (bicyclic) bond motifs is 1.